The highest BCUT2D eigenvalue weighted by Crippen LogP contribution is 2.29. The van der Waals surface area contributed by atoms with Crippen LogP contribution in [0.1, 0.15) is 42.9 Å². The molecule has 0 unspecified atom stereocenters. The number of hydrogen-bond donors (Lipinski definition) is 1. The number of piperidine rings is 1. The largest absolute Gasteiger partial charge is 0.352 e. The van der Waals surface area contributed by atoms with Crippen LogP contribution in [0.2, 0.25) is 0 Å². The van der Waals surface area contributed by atoms with Gasteiger partial charge in [-0.2, -0.15) is 0 Å². The van der Waals surface area contributed by atoms with E-state index in [-0.39, 0.29) is 23.8 Å². The number of aromatic nitrogens is 1. The molecule has 2 amide bonds. The predicted octanol–water partition coefficient (Wildman–Crippen LogP) is 2.77. The van der Waals surface area contributed by atoms with Crippen LogP contribution in [0.3, 0.4) is 0 Å². The number of amides is 2. The van der Waals surface area contributed by atoms with E-state index >= 15 is 0 Å². The van der Waals surface area contributed by atoms with E-state index < -0.39 is 0 Å². The number of nitrogens with zero attached hydrogens (tertiary/aromatic N) is 3. The molecule has 2 aromatic rings. The Hall–Kier alpha value is -2.73. The van der Waals surface area contributed by atoms with E-state index in [1.807, 2.05) is 35.2 Å². The van der Waals surface area contributed by atoms with Crippen LogP contribution in [0.25, 0.3) is 0 Å². The van der Waals surface area contributed by atoms with Crippen LogP contribution in [0.5, 0.6) is 0 Å². The normalized spacial score (nSPS) is 18.9. The first kappa shape index (κ1) is 20.5. The first-order valence-corrected chi connectivity index (χ1v) is 11.0. The molecule has 1 aromatic heterocycles. The smallest absolute Gasteiger partial charge is 0.244 e. The van der Waals surface area contributed by atoms with Crippen molar-refractivity contribution in [3.63, 3.8) is 0 Å². The standard InChI is InChI=1S/C24H30N4O2/c29-23(26-18-19-7-6-12-25-17-19)21-10-15-28(16-11-21)24(30)22(27-13-4-5-14-27)20-8-2-1-3-9-20/h1-3,6-9,12,17,21-22H,4-5,10-11,13-16,18H2,(H,26,29)/t22-/m0/s1. The average Bonchev–Trinajstić information content (AvgIpc) is 3.33. The Kier molecular flexibility index (Phi) is 6.74. The molecule has 0 aliphatic carbocycles. The minimum atomic E-state index is -0.204. The van der Waals surface area contributed by atoms with Crippen molar-refractivity contribution in [1.29, 1.82) is 0 Å². The van der Waals surface area contributed by atoms with Crippen molar-refractivity contribution in [2.24, 2.45) is 5.92 Å². The van der Waals surface area contributed by atoms with Gasteiger partial charge in [0.15, 0.2) is 0 Å². The maximum atomic E-state index is 13.4. The Bertz CT molecular complexity index is 829. The van der Waals surface area contributed by atoms with Crippen LogP contribution in [0, 0.1) is 5.92 Å². The van der Waals surface area contributed by atoms with Crippen LogP contribution in [0.4, 0.5) is 0 Å². The number of carbonyl (C=O) groups excluding carboxylic acids is 2. The molecule has 158 valence electrons. The van der Waals surface area contributed by atoms with Crippen molar-refractivity contribution in [3.8, 4) is 0 Å². The van der Waals surface area contributed by atoms with E-state index in [1.165, 1.54) is 0 Å². The summed E-state index contributed by atoms with van der Waals surface area (Å²) in [5.74, 6) is 0.218. The Morgan fingerprint density at radius 3 is 2.40 bits per heavy atom. The van der Waals surface area contributed by atoms with Gasteiger partial charge in [0.05, 0.1) is 0 Å². The van der Waals surface area contributed by atoms with Gasteiger partial charge in [-0.25, -0.2) is 0 Å². The Morgan fingerprint density at radius 2 is 1.73 bits per heavy atom. The molecule has 2 fully saturated rings. The molecule has 0 saturated carbocycles. The summed E-state index contributed by atoms with van der Waals surface area (Å²) in [6.07, 6.45) is 7.22. The van der Waals surface area contributed by atoms with Crippen LogP contribution in [-0.2, 0) is 16.1 Å². The fraction of sp³-hybridized carbons (Fsp3) is 0.458. The Balaban J connectivity index is 1.34. The van der Waals surface area contributed by atoms with Gasteiger partial charge in [0.2, 0.25) is 11.8 Å². The molecule has 6 heteroatoms. The lowest BCUT2D eigenvalue weighted by Gasteiger charge is -2.36. The molecule has 2 saturated heterocycles. The number of likely N-dealkylation sites (tertiary alicyclic amines) is 2. The highest BCUT2D eigenvalue weighted by atomic mass is 16.2. The zero-order chi connectivity index (χ0) is 20.8. The van der Waals surface area contributed by atoms with Crippen molar-refractivity contribution in [2.75, 3.05) is 26.2 Å². The van der Waals surface area contributed by atoms with Crippen molar-refractivity contribution in [2.45, 2.75) is 38.3 Å². The van der Waals surface area contributed by atoms with Crippen LogP contribution in [-0.4, -0.2) is 52.8 Å². The summed E-state index contributed by atoms with van der Waals surface area (Å²) in [6, 6.07) is 13.7. The molecule has 0 radical (unpaired) electrons. The molecule has 0 spiro atoms. The molecule has 2 aliphatic heterocycles. The average molecular weight is 407 g/mol. The quantitative estimate of drug-likeness (QED) is 0.801. The highest BCUT2D eigenvalue weighted by molar-refractivity contribution is 5.84. The lowest BCUT2D eigenvalue weighted by atomic mass is 9.94. The van der Waals surface area contributed by atoms with Crippen LogP contribution in [0.15, 0.2) is 54.9 Å². The second-order valence-corrected chi connectivity index (χ2v) is 8.23. The van der Waals surface area contributed by atoms with Gasteiger partial charge < -0.3 is 10.2 Å². The fourth-order valence-electron chi connectivity index (χ4n) is 4.52. The zero-order valence-corrected chi connectivity index (χ0v) is 17.4. The molecule has 30 heavy (non-hydrogen) atoms. The van der Waals surface area contributed by atoms with E-state index in [0.29, 0.717) is 32.5 Å². The summed E-state index contributed by atoms with van der Waals surface area (Å²) < 4.78 is 0. The highest BCUT2D eigenvalue weighted by Gasteiger charge is 2.35. The van der Waals surface area contributed by atoms with Gasteiger partial charge in [0.1, 0.15) is 6.04 Å². The second-order valence-electron chi connectivity index (χ2n) is 8.23. The third-order valence-corrected chi connectivity index (χ3v) is 6.22. The fourth-order valence-corrected chi connectivity index (χ4v) is 4.52. The minimum absolute atomic E-state index is 0.0346. The molecule has 3 heterocycles. The van der Waals surface area contributed by atoms with Gasteiger partial charge >= 0.3 is 0 Å². The first-order chi connectivity index (χ1) is 14.7. The zero-order valence-electron chi connectivity index (χ0n) is 17.4. The summed E-state index contributed by atoms with van der Waals surface area (Å²) in [5, 5.41) is 3.02. The molecule has 1 aromatic carbocycles. The van der Waals surface area contributed by atoms with Crippen LogP contribution >= 0.6 is 0 Å². The molecule has 4 rings (SSSR count). The van der Waals surface area contributed by atoms with E-state index in [1.54, 1.807) is 12.4 Å². The van der Waals surface area contributed by atoms with E-state index in [0.717, 1.165) is 37.1 Å². The summed E-state index contributed by atoms with van der Waals surface area (Å²) in [7, 11) is 0. The molecule has 2 aliphatic rings. The van der Waals surface area contributed by atoms with E-state index in [2.05, 4.69) is 27.3 Å². The SMILES string of the molecule is O=C(NCc1cccnc1)C1CCN(C(=O)[C@H](c2ccccc2)N2CCCC2)CC1. The van der Waals surface area contributed by atoms with Crippen molar-refractivity contribution in [1.82, 2.24) is 20.1 Å². The van der Waals surface area contributed by atoms with Gasteiger partial charge in [0, 0.05) is 37.9 Å². The Morgan fingerprint density at radius 1 is 1.00 bits per heavy atom. The number of hydrogen-bond acceptors (Lipinski definition) is 4. The summed E-state index contributed by atoms with van der Waals surface area (Å²) in [6.45, 7) is 3.72. The summed E-state index contributed by atoms with van der Waals surface area (Å²) in [4.78, 5) is 34.4. The second kappa shape index (κ2) is 9.85. The number of benzene rings is 1. The number of rotatable bonds is 6. The first-order valence-electron chi connectivity index (χ1n) is 11.0. The van der Waals surface area contributed by atoms with Gasteiger partial charge in [-0.3, -0.25) is 19.5 Å². The molecular weight excluding hydrogens is 376 g/mol. The maximum Gasteiger partial charge on any atom is 0.244 e. The third-order valence-electron chi connectivity index (χ3n) is 6.22. The topological polar surface area (TPSA) is 65.5 Å². The van der Waals surface area contributed by atoms with Crippen LogP contribution < -0.4 is 5.32 Å². The number of nitrogens with one attached hydrogen (secondary N) is 1. The van der Waals surface area contributed by atoms with Crippen molar-refractivity contribution < 1.29 is 9.59 Å². The van der Waals surface area contributed by atoms with E-state index in [9.17, 15) is 9.59 Å². The van der Waals surface area contributed by atoms with Crippen molar-refractivity contribution in [3.05, 3.63) is 66.0 Å². The molecule has 6 nitrogen and oxygen atoms in total. The number of carbonyl (C=O) groups is 2. The van der Waals surface area contributed by atoms with Crippen molar-refractivity contribution >= 4 is 11.8 Å². The third kappa shape index (κ3) is 4.87. The van der Waals surface area contributed by atoms with Gasteiger partial charge in [-0.15, -0.1) is 0 Å². The lowest BCUT2D eigenvalue weighted by Crippen LogP contribution is -2.47. The molecular formula is C24H30N4O2. The number of pyridine rings is 1. The lowest BCUT2D eigenvalue weighted by molar-refractivity contribution is -0.140. The Labute approximate surface area is 178 Å². The van der Waals surface area contributed by atoms with Gasteiger partial charge in [-0.05, 0) is 56.0 Å². The molecule has 1 atom stereocenters. The van der Waals surface area contributed by atoms with Gasteiger partial charge in [-0.1, -0.05) is 36.4 Å². The molecule has 1 N–H and O–H groups in total. The predicted molar refractivity (Wildman–Crippen MR) is 115 cm³/mol. The maximum absolute atomic E-state index is 13.4. The van der Waals surface area contributed by atoms with E-state index in [4.69, 9.17) is 0 Å². The van der Waals surface area contributed by atoms with Gasteiger partial charge in [0.25, 0.3) is 0 Å². The summed E-state index contributed by atoms with van der Waals surface area (Å²) in [5.41, 5.74) is 2.07. The summed E-state index contributed by atoms with van der Waals surface area (Å²) >= 11 is 0. The monoisotopic (exact) mass is 406 g/mol. The molecule has 0 bridgehead atoms. The minimum Gasteiger partial charge on any atom is -0.352 e.